The van der Waals surface area contributed by atoms with Crippen molar-refractivity contribution in [3.05, 3.63) is 199 Å². The van der Waals surface area contributed by atoms with Gasteiger partial charge >= 0.3 is 0 Å². The van der Waals surface area contributed by atoms with Gasteiger partial charge in [-0.25, -0.2) is 20.0 Å². The van der Waals surface area contributed by atoms with E-state index >= 15 is 0 Å². The first kappa shape index (κ1) is 34.2. The maximum absolute atomic E-state index is 5.45. The van der Waals surface area contributed by atoms with Gasteiger partial charge in [-0.15, -0.1) is 11.3 Å². The Bertz CT molecular complexity index is 3150. The molecule has 0 saturated carbocycles. The first-order valence-corrected chi connectivity index (χ1v) is 19.6. The normalized spacial score (nSPS) is 12.2. The molecule has 10 rings (SSSR count). The Labute approximate surface area is 333 Å². The zero-order valence-electron chi connectivity index (χ0n) is 30.8. The molecule has 3 heterocycles. The summed E-state index contributed by atoms with van der Waals surface area (Å²) in [5, 5.41) is 3.35. The quantitative estimate of drug-likeness (QED) is 0.120. The Morgan fingerprint density at radius 1 is 0.579 bits per heavy atom. The Morgan fingerprint density at radius 2 is 1.23 bits per heavy atom. The van der Waals surface area contributed by atoms with Crippen LogP contribution in [-0.2, 0) is 6.54 Å². The van der Waals surface area contributed by atoms with Crippen LogP contribution in [0.3, 0.4) is 0 Å². The average Bonchev–Trinajstić information content (AvgIpc) is 3.83. The van der Waals surface area contributed by atoms with Crippen molar-refractivity contribution in [2.24, 2.45) is 15.0 Å². The van der Waals surface area contributed by atoms with Crippen molar-refractivity contribution in [3.8, 4) is 28.2 Å². The van der Waals surface area contributed by atoms with Gasteiger partial charge in [-0.05, 0) is 53.7 Å². The Kier molecular flexibility index (Phi) is 8.82. The maximum atomic E-state index is 5.45. The number of benzene rings is 7. The number of aliphatic imine (C=N–C) groups is 3. The van der Waals surface area contributed by atoms with Crippen molar-refractivity contribution in [1.29, 1.82) is 0 Å². The molecule has 0 amide bonds. The van der Waals surface area contributed by atoms with Crippen LogP contribution in [0.4, 0.5) is 0 Å². The molecule has 0 radical (unpaired) electrons. The number of thiophene rings is 1. The minimum atomic E-state index is 0.403. The average molecular weight is 751 g/mol. The van der Waals surface area contributed by atoms with Crippen LogP contribution in [0.15, 0.2) is 197 Å². The van der Waals surface area contributed by atoms with Crippen molar-refractivity contribution in [2.45, 2.75) is 6.54 Å². The largest absolute Gasteiger partial charge is 0.309 e. The number of rotatable bonds is 7. The van der Waals surface area contributed by atoms with Crippen LogP contribution in [0.1, 0.15) is 16.8 Å². The third kappa shape index (κ3) is 6.30. The number of fused-ring (bicyclic) bond motifs is 6. The summed E-state index contributed by atoms with van der Waals surface area (Å²) in [6.45, 7) is 4.37. The molecule has 7 heteroatoms. The third-order valence-electron chi connectivity index (χ3n) is 10.2. The summed E-state index contributed by atoms with van der Waals surface area (Å²) >= 11 is 1.65. The molecule has 270 valence electrons. The van der Waals surface area contributed by atoms with Crippen LogP contribution in [-0.4, -0.2) is 32.9 Å². The topological polar surface area (TPSA) is 67.8 Å². The van der Waals surface area contributed by atoms with Gasteiger partial charge < -0.3 is 4.57 Å². The number of amidine groups is 2. The fraction of sp³-hybridized carbons (Fsp3) is 0.0200. The number of para-hydroxylation sites is 3. The maximum Gasteiger partial charge on any atom is 0.177 e. The first-order chi connectivity index (χ1) is 28.2. The number of hydrogen-bond acceptors (Lipinski definition) is 4. The molecule has 0 saturated heterocycles. The van der Waals surface area contributed by atoms with Crippen molar-refractivity contribution < 1.29 is 0 Å². The van der Waals surface area contributed by atoms with Crippen molar-refractivity contribution in [3.63, 3.8) is 0 Å². The second-order valence-corrected chi connectivity index (χ2v) is 14.8. The van der Waals surface area contributed by atoms with Gasteiger partial charge in [-0.3, -0.25) is 4.99 Å². The highest BCUT2D eigenvalue weighted by Gasteiger charge is 2.23. The number of aromatic nitrogens is 3. The van der Waals surface area contributed by atoms with Crippen LogP contribution in [0.5, 0.6) is 0 Å². The summed E-state index contributed by atoms with van der Waals surface area (Å²) in [4.78, 5) is 25.7. The molecule has 0 atom stereocenters. The summed E-state index contributed by atoms with van der Waals surface area (Å²) in [5.74, 6) is 1.51. The van der Waals surface area contributed by atoms with Gasteiger partial charge in [0.25, 0.3) is 0 Å². The molecular formula is C50H34N6S. The Morgan fingerprint density at radius 3 is 2.00 bits per heavy atom. The van der Waals surface area contributed by atoms with Crippen LogP contribution >= 0.6 is 11.3 Å². The molecule has 0 aliphatic carbocycles. The number of nitrogens with zero attached hydrogens (tertiary/aromatic N) is 6. The zero-order valence-corrected chi connectivity index (χ0v) is 31.6. The van der Waals surface area contributed by atoms with Gasteiger partial charge in [-0.1, -0.05) is 152 Å². The van der Waals surface area contributed by atoms with Gasteiger partial charge in [0.1, 0.15) is 5.69 Å². The monoisotopic (exact) mass is 750 g/mol. The van der Waals surface area contributed by atoms with Gasteiger partial charge in [0.2, 0.25) is 0 Å². The minimum Gasteiger partial charge on any atom is -0.309 e. The summed E-state index contributed by atoms with van der Waals surface area (Å²) in [5.41, 5.74) is 9.77. The van der Waals surface area contributed by atoms with Crippen LogP contribution < -0.4 is 0 Å². The predicted molar refractivity (Wildman–Crippen MR) is 239 cm³/mol. The fourth-order valence-electron chi connectivity index (χ4n) is 7.55. The lowest BCUT2D eigenvalue weighted by Gasteiger charge is -2.12. The fourth-order valence-corrected chi connectivity index (χ4v) is 8.68. The van der Waals surface area contributed by atoms with Gasteiger partial charge in [0, 0.05) is 37.7 Å². The molecule has 6 nitrogen and oxygen atoms in total. The molecule has 0 N–H and O–H groups in total. The molecular weight excluding hydrogens is 717 g/mol. The van der Waals surface area contributed by atoms with Crippen molar-refractivity contribution in [1.82, 2.24) is 14.5 Å². The van der Waals surface area contributed by atoms with E-state index < -0.39 is 0 Å². The highest BCUT2D eigenvalue weighted by molar-refractivity contribution is 7.26. The van der Waals surface area contributed by atoms with Gasteiger partial charge in [0.05, 0.1) is 27.8 Å². The van der Waals surface area contributed by atoms with E-state index in [0.717, 1.165) is 75.6 Å². The minimum absolute atomic E-state index is 0.403. The third-order valence-corrected chi connectivity index (χ3v) is 11.4. The van der Waals surface area contributed by atoms with E-state index in [1.54, 1.807) is 11.3 Å². The van der Waals surface area contributed by atoms with E-state index in [1.807, 2.05) is 54.6 Å². The second kappa shape index (κ2) is 14.7. The van der Waals surface area contributed by atoms with Crippen molar-refractivity contribution in [2.75, 3.05) is 0 Å². The van der Waals surface area contributed by atoms with E-state index in [0.29, 0.717) is 29.7 Å². The summed E-state index contributed by atoms with van der Waals surface area (Å²) in [6, 6.07) is 62.6. The van der Waals surface area contributed by atoms with Crippen molar-refractivity contribution >= 4 is 71.8 Å². The molecule has 3 aromatic heterocycles. The van der Waals surface area contributed by atoms with Crippen LogP contribution in [0.2, 0.25) is 0 Å². The van der Waals surface area contributed by atoms with Gasteiger partial charge in [0.15, 0.2) is 17.5 Å². The first-order valence-electron chi connectivity index (χ1n) is 18.8. The SMILES string of the molecule is C=NC(=NC(=NCc1ccccc1)c1nc(-c2cccc3c4ccccc4n(-c4ccccc4)c23)nc2c1sc1ccccc12)c1ccc(-c2ccccc2)cc1. The molecule has 0 unspecified atom stereocenters. The second-order valence-electron chi connectivity index (χ2n) is 13.7. The molecule has 57 heavy (non-hydrogen) atoms. The standard InChI is InChI=1S/C50H34N6S/c1-51-48(36-30-28-35(29-31-36)34-18-7-3-8-19-34)55-50(52-32-33-16-5-2-6-17-33)45-47-44(40-23-12-14-27-43(40)57-47)53-49(54-45)41-25-15-24-39-38-22-11-13-26-42(38)56(46(39)41)37-20-9-4-10-21-37/h2-31H,1,32H2. The molecule has 10 aromatic rings. The lowest BCUT2D eigenvalue weighted by molar-refractivity contribution is 1.06. The van der Waals surface area contributed by atoms with E-state index in [2.05, 4.69) is 144 Å². The number of hydrogen-bond donors (Lipinski definition) is 0. The van der Waals surface area contributed by atoms with E-state index in [1.165, 1.54) is 0 Å². The molecule has 0 aliphatic rings. The molecule has 0 bridgehead atoms. The molecule has 0 aliphatic heterocycles. The van der Waals surface area contributed by atoms with E-state index in [-0.39, 0.29) is 0 Å². The van der Waals surface area contributed by atoms with Crippen LogP contribution in [0.25, 0.3) is 70.3 Å². The molecule has 7 aromatic carbocycles. The predicted octanol–water partition coefficient (Wildman–Crippen LogP) is 12.4. The van der Waals surface area contributed by atoms with E-state index in [4.69, 9.17) is 20.0 Å². The van der Waals surface area contributed by atoms with E-state index in [9.17, 15) is 0 Å². The van der Waals surface area contributed by atoms with Crippen LogP contribution in [0, 0.1) is 0 Å². The molecule has 0 spiro atoms. The summed E-state index contributed by atoms with van der Waals surface area (Å²) in [6.07, 6.45) is 0. The zero-order chi connectivity index (χ0) is 38.1. The summed E-state index contributed by atoms with van der Waals surface area (Å²) in [7, 11) is 0. The smallest absolute Gasteiger partial charge is 0.177 e. The highest BCUT2D eigenvalue weighted by atomic mass is 32.1. The Balaban J connectivity index is 1.23. The Hall–Kier alpha value is -7.35. The molecule has 0 fully saturated rings. The lowest BCUT2D eigenvalue weighted by Crippen LogP contribution is -2.09. The van der Waals surface area contributed by atoms with Gasteiger partial charge in [-0.2, -0.15) is 0 Å². The summed E-state index contributed by atoms with van der Waals surface area (Å²) < 4.78 is 4.34. The lowest BCUT2D eigenvalue weighted by atomic mass is 10.0. The highest BCUT2D eigenvalue weighted by Crippen LogP contribution is 2.40.